The van der Waals surface area contributed by atoms with Crippen LogP contribution in [0.4, 0.5) is 0 Å². The molecular formula is C11H20O2. The second-order valence-electron chi connectivity index (χ2n) is 5.77. The van der Waals surface area contributed by atoms with Gasteiger partial charge in [-0.25, -0.2) is 0 Å². The van der Waals surface area contributed by atoms with Gasteiger partial charge in [0.1, 0.15) is 6.10 Å². The van der Waals surface area contributed by atoms with E-state index in [9.17, 15) is 4.79 Å². The molecule has 1 atom stereocenters. The zero-order valence-corrected chi connectivity index (χ0v) is 9.31. The van der Waals surface area contributed by atoms with Gasteiger partial charge in [-0.1, -0.05) is 20.8 Å². The summed E-state index contributed by atoms with van der Waals surface area (Å²) < 4.78 is 5.69. The van der Waals surface area contributed by atoms with Crippen LogP contribution >= 0.6 is 0 Å². The topological polar surface area (TPSA) is 26.3 Å². The summed E-state index contributed by atoms with van der Waals surface area (Å²) in [5.74, 6) is 0.264. The molecule has 1 fully saturated rings. The first kappa shape index (κ1) is 10.7. The smallest absolute Gasteiger partial charge is 0.164 e. The molecular weight excluding hydrogens is 164 g/mol. The average Bonchev–Trinajstić information content (AvgIpc) is 2.00. The number of carbonyl (C=O) groups is 1. The monoisotopic (exact) mass is 184 g/mol. The van der Waals surface area contributed by atoms with E-state index in [0.29, 0.717) is 6.42 Å². The number of hydrogen-bond acceptors (Lipinski definition) is 2. The van der Waals surface area contributed by atoms with Gasteiger partial charge in [-0.3, -0.25) is 4.79 Å². The fourth-order valence-corrected chi connectivity index (χ4v) is 1.74. The molecule has 0 aromatic heterocycles. The number of rotatable bonds is 1. The summed E-state index contributed by atoms with van der Waals surface area (Å²) in [6.07, 6.45) is 1.22. The molecule has 1 heterocycles. The van der Waals surface area contributed by atoms with E-state index in [1.54, 1.807) is 0 Å². The quantitative estimate of drug-likeness (QED) is 0.626. The Labute approximate surface area is 80.7 Å². The number of ketones is 1. The van der Waals surface area contributed by atoms with Crippen molar-refractivity contribution in [3.8, 4) is 0 Å². The van der Waals surface area contributed by atoms with Gasteiger partial charge < -0.3 is 4.74 Å². The molecule has 1 aliphatic heterocycles. The van der Waals surface area contributed by atoms with E-state index in [1.165, 1.54) is 0 Å². The fourth-order valence-electron chi connectivity index (χ4n) is 1.74. The summed E-state index contributed by atoms with van der Waals surface area (Å²) in [6, 6.07) is 0. The van der Waals surface area contributed by atoms with Gasteiger partial charge >= 0.3 is 0 Å². The second kappa shape index (κ2) is 3.09. The van der Waals surface area contributed by atoms with Gasteiger partial charge in [-0.15, -0.1) is 0 Å². The maximum Gasteiger partial charge on any atom is 0.164 e. The lowest BCUT2D eigenvalue weighted by molar-refractivity contribution is -0.124. The van der Waals surface area contributed by atoms with E-state index in [1.807, 2.05) is 13.8 Å². The van der Waals surface area contributed by atoms with Crippen LogP contribution in [0.5, 0.6) is 0 Å². The van der Waals surface area contributed by atoms with Gasteiger partial charge in [0, 0.05) is 6.42 Å². The Morgan fingerprint density at radius 2 is 2.00 bits per heavy atom. The Kier molecular flexibility index (Phi) is 2.54. The summed E-state index contributed by atoms with van der Waals surface area (Å²) in [7, 11) is 0. The van der Waals surface area contributed by atoms with Gasteiger partial charge in [0.05, 0.1) is 5.60 Å². The Hall–Kier alpha value is -0.370. The molecule has 76 valence electrons. The normalized spacial score (nSPS) is 28.1. The van der Waals surface area contributed by atoms with Crippen molar-refractivity contribution in [3.05, 3.63) is 0 Å². The summed E-state index contributed by atoms with van der Waals surface area (Å²) in [4.78, 5) is 11.5. The molecule has 2 heteroatoms. The van der Waals surface area contributed by atoms with Gasteiger partial charge in [-0.2, -0.15) is 0 Å². The van der Waals surface area contributed by atoms with Gasteiger partial charge in [-0.05, 0) is 25.7 Å². The summed E-state index contributed by atoms with van der Waals surface area (Å²) >= 11 is 0. The predicted octanol–water partition coefficient (Wildman–Crippen LogP) is 2.56. The highest BCUT2D eigenvalue weighted by Crippen LogP contribution is 2.33. The zero-order valence-electron chi connectivity index (χ0n) is 9.31. The standard InChI is InChI=1S/C11H20O2/c1-10(2,3)7-9-8(12)6-11(4,5)13-9/h9H,6-7H2,1-5H3. The largest absolute Gasteiger partial charge is 0.364 e. The van der Waals surface area contributed by atoms with Gasteiger partial charge in [0.25, 0.3) is 0 Å². The Balaban J connectivity index is 2.59. The molecule has 0 N–H and O–H groups in total. The van der Waals surface area contributed by atoms with E-state index >= 15 is 0 Å². The molecule has 0 saturated carbocycles. The summed E-state index contributed by atoms with van der Waals surface area (Å²) in [6.45, 7) is 10.4. The van der Waals surface area contributed by atoms with Crippen LogP contribution in [0.3, 0.4) is 0 Å². The minimum Gasteiger partial charge on any atom is -0.364 e. The van der Waals surface area contributed by atoms with Crippen molar-refractivity contribution in [2.24, 2.45) is 5.41 Å². The van der Waals surface area contributed by atoms with Crippen LogP contribution in [0.1, 0.15) is 47.5 Å². The molecule has 1 aliphatic rings. The van der Waals surface area contributed by atoms with Crippen LogP contribution in [0.2, 0.25) is 0 Å². The third-order valence-corrected chi connectivity index (χ3v) is 2.22. The molecule has 0 spiro atoms. The van der Waals surface area contributed by atoms with Gasteiger partial charge in [0.2, 0.25) is 0 Å². The van der Waals surface area contributed by atoms with E-state index in [-0.39, 0.29) is 22.9 Å². The lowest BCUT2D eigenvalue weighted by Crippen LogP contribution is -2.25. The Morgan fingerprint density at radius 3 is 2.31 bits per heavy atom. The summed E-state index contributed by atoms with van der Waals surface area (Å²) in [5.41, 5.74) is -0.0756. The van der Waals surface area contributed by atoms with Crippen molar-refractivity contribution >= 4 is 5.78 Å². The summed E-state index contributed by atoms with van der Waals surface area (Å²) in [5, 5.41) is 0. The predicted molar refractivity (Wildman–Crippen MR) is 52.6 cm³/mol. The van der Waals surface area contributed by atoms with Crippen LogP contribution in [0, 0.1) is 5.41 Å². The minimum atomic E-state index is -0.243. The van der Waals surface area contributed by atoms with Crippen molar-refractivity contribution in [1.29, 1.82) is 0 Å². The maximum atomic E-state index is 11.5. The van der Waals surface area contributed by atoms with Crippen molar-refractivity contribution in [1.82, 2.24) is 0 Å². The first-order valence-corrected chi connectivity index (χ1v) is 4.90. The van der Waals surface area contributed by atoms with E-state index in [2.05, 4.69) is 20.8 Å². The molecule has 1 saturated heterocycles. The van der Waals surface area contributed by atoms with Crippen molar-refractivity contribution in [2.45, 2.75) is 59.2 Å². The number of Topliss-reactive ketones (excluding diaryl/α,β-unsaturated/α-hetero) is 1. The molecule has 13 heavy (non-hydrogen) atoms. The fraction of sp³-hybridized carbons (Fsp3) is 0.909. The molecule has 1 unspecified atom stereocenters. The van der Waals surface area contributed by atoms with E-state index < -0.39 is 0 Å². The molecule has 0 aromatic carbocycles. The SMILES string of the molecule is CC(C)(C)CC1OC(C)(C)CC1=O. The van der Waals surface area contributed by atoms with Crippen LogP contribution in [0.15, 0.2) is 0 Å². The molecule has 0 amide bonds. The third kappa shape index (κ3) is 3.11. The number of hydrogen-bond donors (Lipinski definition) is 0. The van der Waals surface area contributed by atoms with Crippen molar-refractivity contribution in [3.63, 3.8) is 0 Å². The zero-order chi connectivity index (χ0) is 10.3. The van der Waals surface area contributed by atoms with E-state index in [0.717, 1.165) is 6.42 Å². The van der Waals surface area contributed by atoms with E-state index in [4.69, 9.17) is 4.74 Å². The molecule has 0 bridgehead atoms. The van der Waals surface area contributed by atoms with Crippen LogP contribution < -0.4 is 0 Å². The van der Waals surface area contributed by atoms with Crippen LogP contribution in [-0.2, 0) is 9.53 Å². The Bertz CT molecular complexity index is 211. The molecule has 2 nitrogen and oxygen atoms in total. The van der Waals surface area contributed by atoms with Crippen molar-refractivity contribution < 1.29 is 9.53 Å². The lowest BCUT2D eigenvalue weighted by atomic mass is 9.88. The maximum absolute atomic E-state index is 11.5. The van der Waals surface area contributed by atoms with Crippen LogP contribution in [-0.4, -0.2) is 17.5 Å². The number of carbonyl (C=O) groups excluding carboxylic acids is 1. The first-order valence-electron chi connectivity index (χ1n) is 4.90. The minimum absolute atomic E-state index is 0.167. The average molecular weight is 184 g/mol. The third-order valence-electron chi connectivity index (χ3n) is 2.22. The molecule has 0 radical (unpaired) electrons. The first-order chi connectivity index (χ1) is 5.70. The second-order valence-corrected chi connectivity index (χ2v) is 5.77. The highest BCUT2D eigenvalue weighted by atomic mass is 16.5. The van der Waals surface area contributed by atoms with Crippen molar-refractivity contribution in [2.75, 3.05) is 0 Å². The highest BCUT2D eigenvalue weighted by Gasteiger charge is 2.40. The molecule has 0 aromatic rings. The Morgan fingerprint density at radius 1 is 1.46 bits per heavy atom. The molecule has 0 aliphatic carbocycles. The van der Waals surface area contributed by atoms with Gasteiger partial charge in [0.15, 0.2) is 5.78 Å². The molecule has 1 rings (SSSR count). The lowest BCUT2D eigenvalue weighted by Gasteiger charge is -2.24. The number of ether oxygens (including phenoxy) is 1. The van der Waals surface area contributed by atoms with Crippen LogP contribution in [0.25, 0.3) is 0 Å². The highest BCUT2D eigenvalue weighted by molar-refractivity contribution is 5.85.